The van der Waals surface area contributed by atoms with Gasteiger partial charge in [-0.05, 0) is 37.5 Å². The number of rotatable bonds is 4. The predicted molar refractivity (Wildman–Crippen MR) is 72.8 cm³/mol. The predicted octanol–water partition coefficient (Wildman–Crippen LogP) is 2.71. The van der Waals surface area contributed by atoms with E-state index in [1.807, 2.05) is 6.07 Å². The lowest BCUT2D eigenvalue weighted by atomic mass is 10.1. The van der Waals surface area contributed by atoms with E-state index in [0.717, 1.165) is 18.5 Å². The number of nitro groups is 1. The zero-order valence-corrected chi connectivity index (χ0v) is 11.1. The van der Waals surface area contributed by atoms with Gasteiger partial charge in [0.15, 0.2) is 0 Å². The molecule has 0 saturated heterocycles. The number of nitro benzene ring substituents is 1. The maximum absolute atomic E-state index is 11.2. The number of hydrogen-bond acceptors (Lipinski definition) is 4. The second-order valence-electron chi connectivity index (χ2n) is 5.14. The van der Waals surface area contributed by atoms with E-state index in [-0.39, 0.29) is 5.69 Å². The van der Waals surface area contributed by atoms with E-state index in [0.29, 0.717) is 17.2 Å². The van der Waals surface area contributed by atoms with Gasteiger partial charge in [-0.2, -0.15) is 5.10 Å². The quantitative estimate of drug-likeness (QED) is 0.686. The second kappa shape index (κ2) is 4.72. The highest BCUT2D eigenvalue weighted by atomic mass is 16.6. The molecule has 0 aliphatic heterocycles. The van der Waals surface area contributed by atoms with Crippen LogP contribution in [-0.4, -0.2) is 19.8 Å². The molecule has 6 nitrogen and oxygen atoms in total. The Morgan fingerprint density at radius 2 is 2.20 bits per heavy atom. The summed E-state index contributed by atoms with van der Waals surface area (Å²) in [4.78, 5) is 10.8. The van der Waals surface area contributed by atoms with Gasteiger partial charge >= 0.3 is 0 Å². The maximum atomic E-state index is 11.2. The highest BCUT2D eigenvalue weighted by Gasteiger charge is 2.27. The topological polar surface area (TPSA) is 81.2 Å². The van der Waals surface area contributed by atoms with Crippen molar-refractivity contribution in [1.82, 2.24) is 9.78 Å². The van der Waals surface area contributed by atoms with Crippen molar-refractivity contribution >= 4 is 5.69 Å². The summed E-state index contributed by atoms with van der Waals surface area (Å²) in [5.41, 5.74) is 1.88. The first kappa shape index (κ1) is 12.8. The molecule has 1 aromatic carbocycles. The van der Waals surface area contributed by atoms with Crippen LogP contribution in [0.3, 0.4) is 0 Å². The minimum absolute atomic E-state index is 0.0474. The van der Waals surface area contributed by atoms with Crippen LogP contribution in [0.25, 0.3) is 5.69 Å². The molecule has 1 saturated carbocycles. The smallest absolute Gasteiger partial charge is 0.295 e. The van der Waals surface area contributed by atoms with Crippen LogP contribution in [0.2, 0.25) is 0 Å². The van der Waals surface area contributed by atoms with Crippen molar-refractivity contribution in [3.8, 4) is 5.69 Å². The highest BCUT2D eigenvalue weighted by molar-refractivity contribution is 5.54. The van der Waals surface area contributed by atoms with Gasteiger partial charge in [0, 0.05) is 18.2 Å². The average molecular weight is 273 g/mol. The van der Waals surface area contributed by atoms with Crippen LogP contribution in [0.5, 0.6) is 0 Å². The summed E-state index contributed by atoms with van der Waals surface area (Å²) in [7, 11) is 0. The molecule has 20 heavy (non-hydrogen) atoms. The molecule has 1 fully saturated rings. The Kier molecular flexibility index (Phi) is 3.02. The van der Waals surface area contributed by atoms with Crippen molar-refractivity contribution in [2.24, 2.45) is 0 Å². The summed E-state index contributed by atoms with van der Waals surface area (Å²) >= 11 is 0. The van der Waals surface area contributed by atoms with E-state index in [1.165, 1.54) is 10.7 Å². The first-order chi connectivity index (χ1) is 9.56. The maximum Gasteiger partial charge on any atom is 0.295 e. The molecule has 1 aliphatic carbocycles. The molecule has 104 valence electrons. The molecular weight excluding hydrogens is 258 g/mol. The van der Waals surface area contributed by atoms with Gasteiger partial charge in [-0.3, -0.25) is 10.1 Å². The molecule has 6 heteroatoms. The highest BCUT2D eigenvalue weighted by Crippen LogP contribution is 2.39. The van der Waals surface area contributed by atoms with Gasteiger partial charge in [-0.15, -0.1) is 0 Å². The third kappa shape index (κ3) is 2.30. The fourth-order valence-corrected chi connectivity index (χ4v) is 2.21. The fraction of sp³-hybridized carbons (Fsp3) is 0.357. The van der Waals surface area contributed by atoms with Crippen LogP contribution >= 0.6 is 0 Å². The molecule has 1 heterocycles. The van der Waals surface area contributed by atoms with Crippen molar-refractivity contribution < 1.29 is 10.0 Å². The monoisotopic (exact) mass is 273 g/mol. The third-order valence-electron chi connectivity index (χ3n) is 3.53. The number of hydrogen-bond donors (Lipinski definition) is 1. The lowest BCUT2D eigenvalue weighted by Gasteiger charge is -2.08. The summed E-state index contributed by atoms with van der Waals surface area (Å²) in [6, 6.07) is 6.62. The molecule has 0 bridgehead atoms. The largest absolute Gasteiger partial charge is 0.389 e. The van der Waals surface area contributed by atoms with Gasteiger partial charge in [0.1, 0.15) is 5.69 Å². The third-order valence-corrected chi connectivity index (χ3v) is 3.53. The van der Waals surface area contributed by atoms with Gasteiger partial charge in [0.2, 0.25) is 0 Å². The summed E-state index contributed by atoms with van der Waals surface area (Å²) in [6.07, 6.45) is 3.29. The number of aliphatic hydroxyl groups is 1. The molecule has 2 aromatic rings. The zero-order chi connectivity index (χ0) is 14.3. The van der Waals surface area contributed by atoms with Crippen molar-refractivity contribution in [3.05, 3.63) is 51.8 Å². The normalized spacial score (nSPS) is 16.1. The van der Waals surface area contributed by atoms with Gasteiger partial charge in [-0.1, -0.05) is 6.07 Å². The van der Waals surface area contributed by atoms with Crippen LogP contribution in [0, 0.1) is 10.1 Å². The fourth-order valence-electron chi connectivity index (χ4n) is 2.21. The van der Waals surface area contributed by atoms with E-state index in [4.69, 9.17) is 0 Å². The molecule has 1 aliphatic rings. The molecule has 0 spiro atoms. The summed E-state index contributed by atoms with van der Waals surface area (Å²) in [5, 5.41) is 25.1. The molecule has 1 aromatic heterocycles. The summed E-state index contributed by atoms with van der Waals surface area (Å²) in [5.74, 6) is 0.507. The average Bonchev–Trinajstić information content (AvgIpc) is 3.16. The Bertz CT molecular complexity index is 659. The van der Waals surface area contributed by atoms with E-state index in [9.17, 15) is 15.2 Å². The molecule has 3 rings (SSSR count). The standard InChI is InChI=1S/C14H15N3O3/c1-9(18)11-4-5-13(14(8-11)17(19)20)16-7-6-12(15-16)10-2-3-10/h4-10,18H,2-3H2,1H3/t9-/m1/s1. The van der Waals surface area contributed by atoms with E-state index in [2.05, 4.69) is 5.10 Å². The molecule has 0 radical (unpaired) electrons. The Labute approximate surface area is 115 Å². The molecule has 1 atom stereocenters. The van der Waals surface area contributed by atoms with Crippen LogP contribution in [0.1, 0.15) is 43.0 Å². The molecule has 0 amide bonds. The summed E-state index contributed by atoms with van der Waals surface area (Å²) in [6.45, 7) is 1.58. The van der Waals surface area contributed by atoms with E-state index in [1.54, 1.807) is 25.3 Å². The lowest BCUT2D eigenvalue weighted by molar-refractivity contribution is -0.384. The van der Waals surface area contributed by atoms with E-state index < -0.39 is 11.0 Å². The van der Waals surface area contributed by atoms with Crippen molar-refractivity contribution in [3.63, 3.8) is 0 Å². The lowest BCUT2D eigenvalue weighted by Crippen LogP contribution is -2.03. The number of aromatic nitrogens is 2. The van der Waals surface area contributed by atoms with Gasteiger partial charge < -0.3 is 5.11 Å². The van der Waals surface area contributed by atoms with Gasteiger partial charge in [0.05, 0.1) is 16.7 Å². The Morgan fingerprint density at radius 1 is 1.45 bits per heavy atom. The van der Waals surface area contributed by atoms with E-state index >= 15 is 0 Å². The minimum atomic E-state index is -0.734. The number of benzene rings is 1. The Balaban J connectivity index is 2.04. The molecule has 0 unspecified atom stereocenters. The first-order valence-corrected chi connectivity index (χ1v) is 6.58. The zero-order valence-electron chi connectivity index (χ0n) is 11.1. The van der Waals surface area contributed by atoms with Crippen molar-refractivity contribution in [2.75, 3.05) is 0 Å². The molecular formula is C14H15N3O3. The van der Waals surface area contributed by atoms with Crippen LogP contribution in [0.15, 0.2) is 30.5 Å². The summed E-state index contributed by atoms with van der Waals surface area (Å²) < 4.78 is 1.54. The SMILES string of the molecule is C[C@@H](O)c1ccc(-n2ccc(C3CC3)n2)c([N+](=O)[O-])c1. The minimum Gasteiger partial charge on any atom is -0.389 e. The first-order valence-electron chi connectivity index (χ1n) is 6.58. The van der Waals surface area contributed by atoms with Gasteiger partial charge in [-0.25, -0.2) is 4.68 Å². The van der Waals surface area contributed by atoms with Crippen molar-refractivity contribution in [1.29, 1.82) is 0 Å². The Morgan fingerprint density at radius 3 is 2.80 bits per heavy atom. The van der Waals surface area contributed by atoms with Crippen LogP contribution in [-0.2, 0) is 0 Å². The van der Waals surface area contributed by atoms with Crippen LogP contribution in [0.4, 0.5) is 5.69 Å². The molecule has 1 N–H and O–H groups in total. The second-order valence-corrected chi connectivity index (χ2v) is 5.14. The van der Waals surface area contributed by atoms with Crippen molar-refractivity contribution in [2.45, 2.75) is 31.8 Å². The van der Waals surface area contributed by atoms with Crippen LogP contribution < -0.4 is 0 Å². The number of nitrogens with zero attached hydrogens (tertiary/aromatic N) is 3. The Hall–Kier alpha value is -2.21. The van der Waals surface area contributed by atoms with Gasteiger partial charge in [0.25, 0.3) is 5.69 Å². The number of aliphatic hydroxyl groups excluding tert-OH is 1.